The molecule has 2 unspecified atom stereocenters. The maximum Gasteiger partial charge on any atom is 0.494 e. The van der Waals surface area contributed by atoms with Crippen molar-refractivity contribution in [3.05, 3.63) is 29.6 Å². The Hall–Kier alpha value is -1.30. The summed E-state index contributed by atoms with van der Waals surface area (Å²) in [4.78, 5) is 16.4. The average Bonchev–Trinajstić information content (AvgIpc) is 3.39. The second-order valence-corrected chi connectivity index (χ2v) is 11.9. The number of hydrogen-bond donors (Lipinski definition) is 0. The van der Waals surface area contributed by atoms with E-state index in [1.807, 2.05) is 27.7 Å². The fraction of sp³-hybridized carbons (Fsp3) is 0.636. The molecule has 0 N–H and O–H groups in total. The van der Waals surface area contributed by atoms with E-state index in [0.29, 0.717) is 12.0 Å². The van der Waals surface area contributed by atoms with Crippen molar-refractivity contribution in [2.24, 2.45) is 4.99 Å². The molecule has 2 fully saturated rings. The van der Waals surface area contributed by atoms with Crippen molar-refractivity contribution in [1.29, 1.82) is 0 Å². The van der Waals surface area contributed by atoms with Gasteiger partial charge in [-0.05, 0) is 72.0 Å². The number of ether oxygens (including phenoxy) is 1. The molecule has 1 amide bonds. The Kier molecular flexibility index (Phi) is 7.49. The van der Waals surface area contributed by atoms with Crippen molar-refractivity contribution in [3.63, 3.8) is 0 Å². The smallest absolute Gasteiger partial charge is 0.443 e. The van der Waals surface area contributed by atoms with Crippen molar-refractivity contribution < 1.29 is 27.1 Å². The molecule has 3 rings (SSSR count). The van der Waals surface area contributed by atoms with E-state index in [1.54, 1.807) is 32.9 Å². The minimum Gasteiger partial charge on any atom is -0.443 e. The summed E-state index contributed by atoms with van der Waals surface area (Å²) in [5.41, 5.74) is -0.461. The van der Waals surface area contributed by atoms with Crippen molar-refractivity contribution in [1.82, 2.24) is 4.31 Å². The molecular formula is C22H31BF2N2O4S2. The highest BCUT2D eigenvalue weighted by atomic mass is 32.2. The van der Waals surface area contributed by atoms with Crippen LogP contribution in [0.2, 0.25) is 0 Å². The molecule has 1 aliphatic carbocycles. The van der Waals surface area contributed by atoms with Crippen LogP contribution in [-0.2, 0) is 14.0 Å². The van der Waals surface area contributed by atoms with Gasteiger partial charge in [0.2, 0.25) is 0 Å². The molecule has 1 aliphatic heterocycles. The quantitative estimate of drug-likeness (QED) is 0.237. The third kappa shape index (κ3) is 5.86. The largest absolute Gasteiger partial charge is 0.494 e. The van der Waals surface area contributed by atoms with Crippen LogP contribution in [0.4, 0.5) is 13.1 Å². The number of amidine groups is 1. The first kappa shape index (κ1) is 26.3. The molecule has 0 bridgehead atoms. The number of carbonyl (C=O) groups excluding carboxylic acids is 1. The lowest BCUT2D eigenvalue weighted by Crippen LogP contribution is -2.41. The third-order valence-corrected chi connectivity index (χ3v) is 7.90. The highest BCUT2D eigenvalue weighted by Gasteiger charge is 2.52. The molecule has 1 saturated carbocycles. The summed E-state index contributed by atoms with van der Waals surface area (Å²) >= 11 is 0.972. The van der Waals surface area contributed by atoms with Crippen LogP contribution >= 0.6 is 24.1 Å². The second kappa shape index (κ2) is 9.39. The van der Waals surface area contributed by atoms with Crippen molar-refractivity contribution in [2.45, 2.75) is 82.9 Å². The van der Waals surface area contributed by atoms with Gasteiger partial charge in [0.15, 0.2) is 17.5 Å². The molecule has 0 spiro atoms. The van der Waals surface area contributed by atoms with E-state index < -0.39 is 30.0 Å². The van der Waals surface area contributed by atoms with Gasteiger partial charge in [-0.15, -0.1) is 3.89 Å². The Balaban J connectivity index is 1.72. The highest BCUT2D eigenvalue weighted by Crippen LogP contribution is 2.51. The maximum absolute atomic E-state index is 14.7. The Labute approximate surface area is 203 Å². The van der Waals surface area contributed by atoms with Gasteiger partial charge in [0.25, 0.3) is 0 Å². The van der Waals surface area contributed by atoms with Gasteiger partial charge in [-0.1, -0.05) is 23.9 Å². The van der Waals surface area contributed by atoms with Crippen LogP contribution in [0.25, 0.3) is 0 Å². The monoisotopic (exact) mass is 500 g/mol. The van der Waals surface area contributed by atoms with E-state index in [0.717, 1.165) is 9.77 Å². The molecule has 2 aliphatic rings. The minimum atomic E-state index is -0.839. The summed E-state index contributed by atoms with van der Waals surface area (Å²) in [6, 6.07) is 4.88. The molecule has 33 heavy (non-hydrogen) atoms. The number of halogens is 2. The first-order valence-corrected chi connectivity index (χ1v) is 12.3. The zero-order valence-electron chi connectivity index (χ0n) is 20.3. The topological polar surface area (TPSA) is 60.4 Å². The van der Waals surface area contributed by atoms with Gasteiger partial charge >= 0.3 is 13.2 Å². The summed E-state index contributed by atoms with van der Waals surface area (Å²) in [5, 5.41) is 0.121. The highest BCUT2D eigenvalue weighted by molar-refractivity contribution is 8.15. The lowest BCUT2D eigenvalue weighted by Gasteiger charge is -2.32. The van der Waals surface area contributed by atoms with Gasteiger partial charge in [-0.2, -0.15) is 4.31 Å². The fourth-order valence-electron chi connectivity index (χ4n) is 3.37. The number of thioether (sulfide) groups is 1. The second-order valence-electron chi connectivity index (χ2n) is 10.2. The molecular weight excluding hydrogens is 469 g/mol. The summed E-state index contributed by atoms with van der Waals surface area (Å²) in [6.45, 7) is 13.0. The van der Waals surface area contributed by atoms with Crippen LogP contribution in [0, 0.1) is 5.82 Å². The van der Waals surface area contributed by atoms with Gasteiger partial charge in [0.05, 0.1) is 11.2 Å². The SMILES string of the molecule is CN=C(SC1CC1c1cc(B2OC(C)(C)C(C)(C)O2)ccc1F)N(SF)C(=O)OC(C)(C)C. The molecule has 6 nitrogen and oxygen atoms in total. The Morgan fingerprint density at radius 3 is 2.36 bits per heavy atom. The normalized spacial score (nSPS) is 24.1. The molecule has 1 heterocycles. The molecule has 1 aromatic rings. The van der Waals surface area contributed by atoms with Crippen LogP contribution in [0.1, 0.15) is 66.4 Å². The summed E-state index contributed by atoms with van der Waals surface area (Å²) in [7, 11) is 0.893. The van der Waals surface area contributed by atoms with Gasteiger partial charge in [0.1, 0.15) is 11.4 Å². The maximum atomic E-state index is 14.7. The molecule has 0 aromatic heterocycles. The summed E-state index contributed by atoms with van der Waals surface area (Å²) < 4.78 is 46.5. The number of benzene rings is 1. The molecule has 1 saturated heterocycles. The van der Waals surface area contributed by atoms with Gasteiger partial charge in [0, 0.05) is 18.2 Å². The van der Waals surface area contributed by atoms with Crippen molar-refractivity contribution >= 4 is 47.9 Å². The molecule has 11 heteroatoms. The lowest BCUT2D eigenvalue weighted by molar-refractivity contribution is 0.00578. The average molecular weight is 500 g/mol. The van der Waals surface area contributed by atoms with E-state index in [4.69, 9.17) is 14.0 Å². The molecule has 1 aromatic carbocycles. The Morgan fingerprint density at radius 1 is 1.24 bits per heavy atom. The van der Waals surface area contributed by atoms with Crippen LogP contribution in [0.5, 0.6) is 0 Å². The Morgan fingerprint density at radius 2 is 1.85 bits per heavy atom. The number of carbonyl (C=O) groups is 1. The van der Waals surface area contributed by atoms with Crippen LogP contribution in [0.3, 0.4) is 0 Å². The third-order valence-electron chi connectivity index (χ3n) is 5.93. The Bertz CT molecular complexity index is 923. The number of nitrogens with zero attached hydrogens (tertiary/aromatic N) is 2. The molecule has 2 atom stereocenters. The number of aliphatic imine (C=N–C) groups is 1. The summed E-state index contributed by atoms with van der Waals surface area (Å²) in [5.74, 6) is -0.415. The van der Waals surface area contributed by atoms with E-state index >= 15 is 0 Å². The minimum absolute atomic E-state index is 0.0520. The van der Waals surface area contributed by atoms with Gasteiger partial charge in [-0.3, -0.25) is 4.99 Å². The summed E-state index contributed by atoms with van der Waals surface area (Å²) in [6.07, 6.45) is -0.166. The predicted octanol–water partition coefficient (Wildman–Crippen LogP) is 5.47. The molecule has 182 valence electrons. The first-order chi connectivity index (χ1) is 15.2. The predicted molar refractivity (Wildman–Crippen MR) is 131 cm³/mol. The van der Waals surface area contributed by atoms with Crippen LogP contribution in [-0.4, -0.2) is 51.8 Å². The van der Waals surface area contributed by atoms with E-state index in [-0.39, 0.29) is 34.5 Å². The van der Waals surface area contributed by atoms with Gasteiger partial charge < -0.3 is 14.0 Å². The lowest BCUT2D eigenvalue weighted by atomic mass is 9.78. The number of rotatable bonds is 4. The van der Waals surface area contributed by atoms with E-state index in [9.17, 15) is 13.1 Å². The van der Waals surface area contributed by atoms with E-state index in [2.05, 4.69) is 4.99 Å². The zero-order valence-corrected chi connectivity index (χ0v) is 21.9. The van der Waals surface area contributed by atoms with Crippen molar-refractivity contribution in [3.8, 4) is 0 Å². The van der Waals surface area contributed by atoms with Crippen LogP contribution in [0.15, 0.2) is 23.2 Å². The van der Waals surface area contributed by atoms with Crippen molar-refractivity contribution in [2.75, 3.05) is 7.05 Å². The van der Waals surface area contributed by atoms with Gasteiger partial charge in [-0.25, -0.2) is 9.18 Å². The fourth-order valence-corrected chi connectivity index (χ4v) is 4.98. The first-order valence-electron chi connectivity index (χ1n) is 10.8. The van der Waals surface area contributed by atoms with Crippen LogP contribution < -0.4 is 5.46 Å². The zero-order chi connectivity index (χ0) is 24.8. The standard InChI is InChI=1S/C22H31BF2N2O4S2/c1-20(2,3)29-19(28)27(33-25)18(26-8)32-17-12-15(17)14-11-13(9-10-16(14)24)23-30-21(4,5)22(6,7)31-23/h9-11,15,17H,12H2,1-8H3. The molecule has 0 radical (unpaired) electrons. The number of amides is 1. The van der Waals surface area contributed by atoms with E-state index in [1.165, 1.54) is 24.9 Å². The number of hydrogen-bond acceptors (Lipinski definition) is 7.